The van der Waals surface area contributed by atoms with Crippen molar-refractivity contribution in [2.24, 2.45) is 0 Å². The van der Waals surface area contributed by atoms with Gasteiger partial charge in [0.15, 0.2) is 0 Å². The monoisotopic (exact) mass is 85.1 g/mol. The number of rotatable bonds is 0. The van der Waals surface area contributed by atoms with Crippen LogP contribution in [-0.4, -0.2) is 6.54 Å². The summed E-state index contributed by atoms with van der Waals surface area (Å²) in [6, 6.07) is 0. The van der Waals surface area contributed by atoms with Crippen LogP contribution in [0.1, 0.15) is 6.42 Å². The molecule has 1 atom stereocenters. The minimum absolute atomic E-state index is 0.273. The summed E-state index contributed by atoms with van der Waals surface area (Å²) in [7, 11) is 0. The molecule has 0 aromatic rings. The Morgan fingerprint density at radius 2 is 2.50 bits per heavy atom. The fourth-order valence-corrected chi connectivity index (χ4v) is 0.524. The van der Waals surface area contributed by atoms with Crippen LogP contribution in [0.5, 0.6) is 0 Å². The lowest BCUT2D eigenvalue weighted by Gasteiger charge is -2.08. The molecule has 0 spiro atoms. The highest BCUT2D eigenvalue weighted by Gasteiger charge is 1.94. The van der Waals surface area contributed by atoms with Crippen LogP contribution in [0, 0.1) is 5.21 Å². The zero-order chi connectivity index (χ0) is 4.41. The van der Waals surface area contributed by atoms with E-state index in [4.69, 9.17) is 0 Å². The van der Waals surface area contributed by atoms with Gasteiger partial charge in [-0.15, -0.1) is 0 Å². The molecule has 0 amide bonds. The lowest BCUT2D eigenvalue weighted by atomic mass is 10.5. The summed E-state index contributed by atoms with van der Waals surface area (Å²) in [4.78, 5) is 0. The lowest BCUT2D eigenvalue weighted by molar-refractivity contribution is -0.784. The first-order chi connectivity index (χ1) is 2.89. The Hall–Kier alpha value is -0.340. The van der Waals surface area contributed by atoms with Crippen molar-refractivity contribution < 1.29 is 5.06 Å². The molecule has 0 aromatic heterocycles. The zero-order valence-corrected chi connectivity index (χ0v) is 3.48. The predicted molar refractivity (Wildman–Crippen MR) is 23.0 cm³/mol. The van der Waals surface area contributed by atoms with Crippen LogP contribution in [0.4, 0.5) is 0 Å². The molecule has 2 heteroatoms. The van der Waals surface area contributed by atoms with Gasteiger partial charge in [0.1, 0.15) is 0 Å². The van der Waals surface area contributed by atoms with Gasteiger partial charge >= 0.3 is 0 Å². The van der Waals surface area contributed by atoms with Crippen molar-refractivity contribution in [2.75, 3.05) is 6.54 Å². The van der Waals surface area contributed by atoms with Gasteiger partial charge in [0, 0.05) is 6.42 Å². The minimum atomic E-state index is 0.273. The van der Waals surface area contributed by atoms with Crippen LogP contribution in [0.25, 0.3) is 0 Å². The fourth-order valence-electron chi connectivity index (χ4n) is 0.524. The highest BCUT2D eigenvalue weighted by Crippen LogP contribution is 1.78. The number of nitrogens with one attached hydrogen (secondary N) is 1. The van der Waals surface area contributed by atoms with Crippen molar-refractivity contribution in [3.8, 4) is 0 Å². The summed E-state index contributed by atoms with van der Waals surface area (Å²) >= 11 is 0. The van der Waals surface area contributed by atoms with Gasteiger partial charge in [0.2, 0.25) is 0 Å². The summed E-state index contributed by atoms with van der Waals surface area (Å²) in [5, 5.41) is 10.4. The Balaban J connectivity index is 2.38. The Morgan fingerprint density at radius 3 is 2.67 bits per heavy atom. The Morgan fingerprint density at radius 1 is 1.67 bits per heavy atom. The molecule has 1 heterocycles. The van der Waals surface area contributed by atoms with E-state index in [9.17, 15) is 5.21 Å². The molecular weight excluding hydrogens is 78.0 g/mol. The molecule has 0 saturated heterocycles. The summed E-state index contributed by atoms with van der Waals surface area (Å²) in [5.74, 6) is 0. The van der Waals surface area contributed by atoms with Crippen molar-refractivity contribution >= 4 is 0 Å². The van der Waals surface area contributed by atoms with E-state index in [0.29, 0.717) is 0 Å². The summed E-state index contributed by atoms with van der Waals surface area (Å²) < 4.78 is 0. The predicted octanol–water partition coefficient (Wildman–Crippen LogP) is -0.713. The third-order valence-corrected chi connectivity index (χ3v) is 0.861. The van der Waals surface area contributed by atoms with Crippen molar-refractivity contribution in [1.29, 1.82) is 0 Å². The van der Waals surface area contributed by atoms with E-state index in [0.717, 1.165) is 13.0 Å². The molecule has 1 aliphatic heterocycles. The standard InChI is InChI=1S/C4H7NO/c6-5-3-1-2-4-5/h1,3,5H,2,4H2. The number of quaternary nitrogens is 1. The van der Waals surface area contributed by atoms with E-state index in [1.165, 1.54) is 0 Å². The van der Waals surface area contributed by atoms with Crippen LogP contribution in [0.15, 0.2) is 12.3 Å². The molecule has 1 unspecified atom stereocenters. The second kappa shape index (κ2) is 1.41. The maximum absolute atomic E-state index is 10.2. The van der Waals surface area contributed by atoms with Crippen molar-refractivity contribution in [3.63, 3.8) is 0 Å². The van der Waals surface area contributed by atoms with Crippen LogP contribution in [0.3, 0.4) is 0 Å². The van der Waals surface area contributed by atoms with E-state index >= 15 is 0 Å². The van der Waals surface area contributed by atoms with Gasteiger partial charge < -0.3 is 10.3 Å². The zero-order valence-electron chi connectivity index (χ0n) is 3.48. The largest absolute Gasteiger partial charge is 0.629 e. The maximum Gasteiger partial charge on any atom is 0.0904 e. The van der Waals surface area contributed by atoms with Crippen LogP contribution >= 0.6 is 0 Å². The molecule has 34 valence electrons. The van der Waals surface area contributed by atoms with Gasteiger partial charge in [-0.2, -0.15) is 0 Å². The first kappa shape index (κ1) is 3.84. The van der Waals surface area contributed by atoms with Gasteiger partial charge in [-0.3, -0.25) is 0 Å². The van der Waals surface area contributed by atoms with E-state index < -0.39 is 0 Å². The number of hydrogen-bond donors (Lipinski definition) is 1. The number of hydrogen-bond acceptors (Lipinski definition) is 1. The molecule has 2 nitrogen and oxygen atoms in total. The molecule has 1 N–H and O–H groups in total. The molecule has 0 saturated carbocycles. The average Bonchev–Trinajstić information content (AvgIpc) is 1.86. The van der Waals surface area contributed by atoms with Gasteiger partial charge in [-0.05, 0) is 6.08 Å². The number of hydroxylamine groups is 2. The third-order valence-electron chi connectivity index (χ3n) is 0.861. The fraction of sp³-hybridized carbons (Fsp3) is 0.500. The van der Waals surface area contributed by atoms with Crippen molar-refractivity contribution in [3.05, 3.63) is 17.5 Å². The van der Waals surface area contributed by atoms with E-state index in [1.807, 2.05) is 6.08 Å². The molecule has 0 bridgehead atoms. The Kier molecular flexibility index (Phi) is 0.900. The van der Waals surface area contributed by atoms with Gasteiger partial charge in [-0.25, -0.2) is 0 Å². The van der Waals surface area contributed by atoms with Crippen LogP contribution < -0.4 is 5.06 Å². The summed E-state index contributed by atoms with van der Waals surface area (Å²) in [6.45, 7) is 0.736. The second-order valence-corrected chi connectivity index (χ2v) is 1.41. The maximum atomic E-state index is 10.2. The molecule has 1 aliphatic rings. The van der Waals surface area contributed by atoms with Gasteiger partial charge in [-0.1, -0.05) is 0 Å². The highest BCUT2D eigenvalue weighted by atomic mass is 16.5. The first-order valence-electron chi connectivity index (χ1n) is 2.09. The lowest BCUT2D eigenvalue weighted by Crippen LogP contribution is -3.00. The molecule has 0 aromatic carbocycles. The minimum Gasteiger partial charge on any atom is -0.629 e. The smallest absolute Gasteiger partial charge is 0.0904 e. The molecule has 6 heavy (non-hydrogen) atoms. The third kappa shape index (κ3) is 0.584. The summed E-state index contributed by atoms with van der Waals surface area (Å²) in [6.07, 6.45) is 4.50. The Bertz CT molecular complexity index is 69.9. The quantitative estimate of drug-likeness (QED) is 0.386. The molecule has 0 aliphatic carbocycles. The molecule has 1 rings (SSSR count). The van der Waals surface area contributed by atoms with Gasteiger partial charge in [0.05, 0.1) is 12.7 Å². The first-order valence-corrected chi connectivity index (χ1v) is 2.09. The molecule has 0 fully saturated rings. The second-order valence-electron chi connectivity index (χ2n) is 1.41. The van der Waals surface area contributed by atoms with Crippen molar-refractivity contribution in [2.45, 2.75) is 6.42 Å². The van der Waals surface area contributed by atoms with E-state index in [-0.39, 0.29) is 5.06 Å². The van der Waals surface area contributed by atoms with Crippen LogP contribution in [-0.2, 0) is 0 Å². The van der Waals surface area contributed by atoms with Crippen LogP contribution in [0.2, 0.25) is 0 Å². The SMILES string of the molecule is [O-][NH+]1C=CCC1. The van der Waals surface area contributed by atoms with E-state index in [1.54, 1.807) is 6.20 Å². The topological polar surface area (TPSA) is 27.5 Å². The summed E-state index contributed by atoms with van der Waals surface area (Å²) in [5.41, 5.74) is 0. The normalized spacial score (nSPS) is 31.8. The van der Waals surface area contributed by atoms with E-state index in [2.05, 4.69) is 0 Å². The van der Waals surface area contributed by atoms with Crippen molar-refractivity contribution in [1.82, 2.24) is 0 Å². The molecule has 0 radical (unpaired) electrons. The average molecular weight is 85.1 g/mol. The highest BCUT2D eigenvalue weighted by molar-refractivity contribution is 4.76. The Labute approximate surface area is 36.6 Å². The molecular formula is C4H7NO. The van der Waals surface area contributed by atoms with Gasteiger partial charge in [0.25, 0.3) is 0 Å².